The summed E-state index contributed by atoms with van der Waals surface area (Å²) in [6.07, 6.45) is 3.05. The molecule has 1 fully saturated rings. The molecule has 3 nitrogen and oxygen atoms in total. The summed E-state index contributed by atoms with van der Waals surface area (Å²) in [5, 5.41) is 3.23. The zero-order valence-electron chi connectivity index (χ0n) is 10.3. The summed E-state index contributed by atoms with van der Waals surface area (Å²) in [4.78, 5) is 15.4. The first kappa shape index (κ1) is 12.5. The number of hydrogen-bond acceptors (Lipinski definition) is 3. The summed E-state index contributed by atoms with van der Waals surface area (Å²) in [6.45, 7) is 1.67. The van der Waals surface area contributed by atoms with Crippen LogP contribution in [0, 0.1) is 0 Å². The first-order chi connectivity index (χ1) is 8.26. The molecule has 92 valence electrons. The summed E-state index contributed by atoms with van der Waals surface area (Å²) < 4.78 is 0. The van der Waals surface area contributed by atoms with E-state index in [9.17, 15) is 4.79 Å². The van der Waals surface area contributed by atoms with Crippen LogP contribution in [-0.4, -0.2) is 43.2 Å². The normalized spacial score (nSPS) is 19.6. The summed E-state index contributed by atoms with van der Waals surface area (Å²) in [5.41, 5.74) is 0.830. The Morgan fingerprint density at radius 1 is 1.47 bits per heavy atom. The molecule has 1 N–H and O–H groups in total. The van der Waals surface area contributed by atoms with Crippen LogP contribution in [0.15, 0.2) is 29.2 Å². The highest BCUT2D eigenvalue weighted by atomic mass is 32.2. The van der Waals surface area contributed by atoms with E-state index in [-0.39, 0.29) is 5.91 Å². The number of benzene rings is 1. The lowest BCUT2D eigenvalue weighted by atomic mass is 10.2. The third-order valence-electron chi connectivity index (χ3n) is 3.22. The predicted molar refractivity (Wildman–Crippen MR) is 71.6 cm³/mol. The largest absolute Gasteiger partial charge is 0.337 e. The minimum Gasteiger partial charge on any atom is -0.337 e. The average molecular weight is 250 g/mol. The third kappa shape index (κ3) is 2.64. The van der Waals surface area contributed by atoms with Crippen LogP contribution < -0.4 is 5.32 Å². The summed E-state index contributed by atoms with van der Waals surface area (Å²) in [7, 11) is 1.95. The fraction of sp³-hybridized carbons (Fsp3) is 0.462. The maximum atomic E-state index is 12.4. The minimum absolute atomic E-state index is 0.160. The Kier molecular flexibility index (Phi) is 4.07. The van der Waals surface area contributed by atoms with Crippen LogP contribution in [0.1, 0.15) is 16.8 Å². The van der Waals surface area contributed by atoms with E-state index in [2.05, 4.69) is 5.32 Å². The van der Waals surface area contributed by atoms with Crippen molar-refractivity contribution in [2.45, 2.75) is 17.4 Å². The second kappa shape index (κ2) is 5.56. The van der Waals surface area contributed by atoms with Crippen molar-refractivity contribution in [2.24, 2.45) is 0 Å². The molecule has 1 aliphatic heterocycles. The fourth-order valence-corrected chi connectivity index (χ4v) is 2.76. The van der Waals surface area contributed by atoms with Gasteiger partial charge in [0, 0.05) is 24.0 Å². The first-order valence-electron chi connectivity index (χ1n) is 5.86. The monoisotopic (exact) mass is 250 g/mol. The highest BCUT2D eigenvalue weighted by Crippen LogP contribution is 2.22. The number of hydrogen-bond donors (Lipinski definition) is 1. The lowest BCUT2D eigenvalue weighted by Crippen LogP contribution is -2.33. The molecule has 1 unspecified atom stereocenters. The van der Waals surface area contributed by atoms with Gasteiger partial charge in [-0.05, 0) is 31.9 Å². The van der Waals surface area contributed by atoms with E-state index in [1.807, 2.05) is 42.5 Å². The molecular formula is C13H18N2OS. The number of likely N-dealkylation sites (tertiary alicyclic amines) is 1. The predicted octanol–water partition coefficient (Wildman–Crippen LogP) is 1.84. The molecule has 4 heteroatoms. The molecule has 1 aromatic carbocycles. The Hall–Kier alpha value is -1.00. The first-order valence-corrected chi connectivity index (χ1v) is 7.08. The molecule has 17 heavy (non-hydrogen) atoms. The van der Waals surface area contributed by atoms with Crippen LogP contribution in [0.4, 0.5) is 0 Å². The van der Waals surface area contributed by atoms with Crippen LogP contribution in [0.3, 0.4) is 0 Å². The average Bonchev–Trinajstić information content (AvgIpc) is 2.86. The van der Waals surface area contributed by atoms with E-state index in [1.54, 1.807) is 11.8 Å². The standard InChI is InChI=1S/C13H18N2OS/c1-14-10-7-8-15(9-10)13(16)11-5-3-4-6-12(11)17-2/h3-6,10,14H,7-9H2,1-2H3. The van der Waals surface area contributed by atoms with Crippen molar-refractivity contribution in [2.75, 3.05) is 26.4 Å². The number of carbonyl (C=O) groups is 1. The summed E-state index contributed by atoms with van der Waals surface area (Å²) >= 11 is 1.63. The van der Waals surface area contributed by atoms with Crippen molar-refractivity contribution in [1.29, 1.82) is 0 Å². The maximum Gasteiger partial charge on any atom is 0.255 e. The Labute approximate surface area is 107 Å². The molecule has 1 amide bonds. The number of likely N-dealkylation sites (N-methyl/N-ethyl adjacent to an activating group) is 1. The molecule has 0 bridgehead atoms. The molecule has 0 spiro atoms. The highest BCUT2D eigenvalue weighted by molar-refractivity contribution is 7.98. The van der Waals surface area contributed by atoms with Gasteiger partial charge >= 0.3 is 0 Å². The van der Waals surface area contributed by atoms with Crippen LogP contribution in [0.5, 0.6) is 0 Å². The van der Waals surface area contributed by atoms with Crippen molar-refractivity contribution < 1.29 is 4.79 Å². The molecule has 1 aromatic rings. The van der Waals surface area contributed by atoms with Crippen LogP contribution >= 0.6 is 11.8 Å². The van der Waals surface area contributed by atoms with Gasteiger partial charge < -0.3 is 10.2 Å². The molecule has 0 aromatic heterocycles. The Bertz CT molecular complexity index is 408. The summed E-state index contributed by atoms with van der Waals surface area (Å²) in [6, 6.07) is 8.27. The number of nitrogens with one attached hydrogen (secondary N) is 1. The number of thioether (sulfide) groups is 1. The van der Waals surface area contributed by atoms with E-state index < -0.39 is 0 Å². The van der Waals surface area contributed by atoms with E-state index >= 15 is 0 Å². The van der Waals surface area contributed by atoms with Crippen LogP contribution in [-0.2, 0) is 0 Å². The second-order valence-electron chi connectivity index (χ2n) is 4.23. The lowest BCUT2D eigenvalue weighted by Gasteiger charge is -2.17. The van der Waals surface area contributed by atoms with Crippen molar-refractivity contribution in [1.82, 2.24) is 10.2 Å². The topological polar surface area (TPSA) is 32.3 Å². The molecule has 1 heterocycles. The molecular weight excluding hydrogens is 232 g/mol. The quantitative estimate of drug-likeness (QED) is 0.831. The van der Waals surface area contributed by atoms with Gasteiger partial charge in [0.25, 0.3) is 5.91 Å². The van der Waals surface area contributed by atoms with Gasteiger partial charge in [0.05, 0.1) is 5.56 Å². The molecule has 1 saturated heterocycles. The van der Waals surface area contributed by atoms with E-state index in [4.69, 9.17) is 0 Å². The maximum absolute atomic E-state index is 12.4. The third-order valence-corrected chi connectivity index (χ3v) is 4.02. The zero-order valence-corrected chi connectivity index (χ0v) is 11.1. The van der Waals surface area contributed by atoms with Gasteiger partial charge in [-0.25, -0.2) is 0 Å². The smallest absolute Gasteiger partial charge is 0.255 e. The van der Waals surface area contributed by atoms with Crippen molar-refractivity contribution >= 4 is 17.7 Å². The molecule has 0 radical (unpaired) electrons. The molecule has 1 atom stereocenters. The van der Waals surface area contributed by atoms with Gasteiger partial charge in [-0.1, -0.05) is 12.1 Å². The molecule has 0 saturated carbocycles. The number of nitrogens with zero attached hydrogens (tertiary/aromatic N) is 1. The Balaban J connectivity index is 2.15. The Morgan fingerprint density at radius 2 is 2.24 bits per heavy atom. The zero-order chi connectivity index (χ0) is 12.3. The van der Waals surface area contributed by atoms with Crippen LogP contribution in [0.2, 0.25) is 0 Å². The number of amides is 1. The van der Waals surface area contributed by atoms with Crippen molar-refractivity contribution in [3.8, 4) is 0 Å². The number of rotatable bonds is 3. The van der Waals surface area contributed by atoms with Gasteiger partial charge in [-0.2, -0.15) is 0 Å². The molecule has 2 rings (SSSR count). The second-order valence-corrected chi connectivity index (χ2v) is 5.07. The molecule has 1 aliphatic rings. The van der Waals surface area contributed by atoms with Gasteiger partial charge in [0.15, 0.2) is 0 Å². The fourth-order valence-electron chi connectivity index (χ4n) is 2.17. The highest BCUT2D eigenvalue weighted by Gasteiger charge is 2.26. The lowest BCUT2D eigenvalue weighted by molar-refractivity contribution is 0.0786. The van der Waals surface area contributed by atoms with Crippen molar-refractivity contribution in [3.05, 3.63) is 29.8 Å². The van der Waals surface area contributed by atoms with E-state index in [0.29, 0.717) is 6.04 Å². The van der Waals surface area contributed by atoms with Gasteiger partial charge in [-0.3, -0.25) is 4.79 Å². The van der Waals surface area contributed by atoms with Crippen LogP contribution in [0.25, 0.3) is 0 Å². The Morgan fingerprint density at radius 3 is 2.88 bits per heavy atom. The van der Waals surface area contributed by atoms with Gasteiger partial charge in [-0.15, -0.1) is 11.8 Å². The van der Waals surface area contributed by atoms with Gasteiger partial charge in [0.1, 0.15) is 0 Å². The van der Waals surface area contributed by atoms with Gasteiger partial charge in [0.2, 0.25) is 0 Å². The summed E-state index contributed by atoms with van der Waals surface area (Å²) in [5.74, 6) is 0.160. The number of carbonyl (C=O) groups excluding carboxylic acids is 1. The SMILES string of the molecule is CNC1CCN(C(=O)c2ccccc2SC)C1. The molecule has 0 aliphatic carbocycles. The van der Waals surface area contributed by atoms with E-state index in [1.165, 1.54) is 0 Å². The van der Waals surface area contributed by atoms with Crippen molar-refractivity contribution in [3.63, 3.8) is 0 Å². The minimum atomic E-state index is 0.160. The van der Waals surface area contributed by atoms with E-state index in [0.717, 1.165) is 30.0 Å².